The Balaban J connectivity index is 2.11. The SMILES string of the molecule is COc1ccc(C=Cc2nc(C)no2)cc1. The average molecular weight is 216 g/mol. The van der Waals surface area contributed by atoms with Crippen LogP contribution in [-0.2, 0) is 0 Å². The first-order valence-electron chi connectivity index (χ1n) is 4.90. The van der Waals surface area contributed by atoms with Crippen LogP contribution in [0.2, 0.25) is 0 Å². The minimum atomic E-state index is 0.508. The number of rotatable bonds is 3. The van der Waals surface area contributed by atoms with Gasteiger partial charge >= 0.3 is 0 Å². The van der Waals surface area contributed by atoms with Crippen molar-refractivity contribution in [1.29, 1.82) is 0 Å². The molecular formula is C12H12N2O2. The Morgan fingerprint density at radius 3 is 2.50 bits per heavy atom. The lowest BCUT2D eigenvalue weighted by Gasteiger charge is -1.98. The van der Waals surface area contributed by atoms with Crippen LogP contribution in [0.5, 0.6) is 5.75 Å². The van der Waals surface area contributed by atoms with Gasteiger partial charge in [0.2, 0.25) is 0 Å². The van der Waals surface area contributed by atoms with Gasteiger partial charge in [-0.15, -0.1) is 0 Å². The lowest BCUT2D eigenvalue weighted by molar-refractivity contribution is 0.405. The molecule has 16 heavy (non-hydrogen) atoms. The number of nitrogens with zero attached hydrogens (tertiary/aromatic N) is 2. The highest BCUT2D eigenvalue weighted by Crippen LogP contribution is 2.13. The van der Waals surface area contributed by atoms with Crippen molar-refractivity contribution in [3.63, 3.8) is 0 Å². The molecule has 0 atom stereocenters. The molecule has 1 heterocycles. The van der Waals surface area contributed by atoms with Crippen molar-refractivity contribution in [2.45, 2.75) is 6.92 Å². The molecular weight excluding hydrogens is 204 g/mol. The van der Waals surface area contributed by atoms with Crippen LogP contribution in [0.4, 0.5) is 0 Å². The van der Waals surface area contributed by atoms with Crippen molar-refractivity contribution in [3.8, 4) is 5.75 Å². The fourth-order valence-electron chi connectivity index (χ4n) is 1.26. The summed E-state index contributed by atoms with van der Waals surface area (Å²) in [5, 5.41) is 3.70. The molecule has 0 bridgehead atoms. The molecule has 0 amide bonds. The summed E-state index contributed by atoms with van der Waals surface area (Å²) < 4.78 is 10.0. The molecule has 1 aromatic carbocycles. The largest absolute Gasteiger partial charge is 0.497 e. The number of hydrogen-bond donors (Lipinski definition) is 0. The summed E-state index contributed by atoms with van der Waals surface area (Å²) in [6, 6.07) is 7.72. The summed E-state index contributed by atoms with van der Waals surface area (Å²) >= 11 is 0. The zero-order valence-corrected chi connectivity index (χ0v) is 9.18. The van der Waals surface area contributed by atoms with Gasteiger partial charge in [-0.3, -0.25) is 0 Å². The molecule has 0 radical (unpaired) electrons. The number of methoxy groups -OCH3 is 1. The van der Waals surface area contributed by atoms with E-state index in [0.29, 0.717) is 11.7 Å². The molecule has 2 rings (SSSR count). The molecule has 1 aromatic heterocycles. The standard InChI is InChI=1S/C12H12N2O2/c1-9-13-12(16-14-9)8-5-10-3-6-11(15-2)7-4-10/h3-8H,1-2H3. The number of aryl methyl sites for hydroxylation is 1. The quantitative estimate of drug-likeness (QED) is 0.791. The van der Waals surface area contributed by atoms with Crippen LogP contribution in [0.1, 0.15) is 17.3 Å². The zero-order valence-electron chi connectivity index (χ0n) is 9.18. The van der Waals surface area contributed by atoms with E-state index in [-0.39, 0.29) is 0 Å². The molecule has 0 saturated carbocycles. The first-order valence-corrected chi connectivity index (χ1v) is 4.90. The van der Waals surface area contributed by atoms with Crippen molar-refractivity contribution in [2.24, 2.45) is 0 Å². The summed E-state index contributed by atoms with van der Waals surface area (Å²) in [5.41, 5.74) is 1.05. The second-order valence-corrected chi connectivity index (χ2v) is 3.29. The van der Waals surface area contributed by atoms with Gasteiger partial charge in [0.25, 0.3) is 5.89 Å². The van der Waals surface area contributed by atoms with Gasteiger partial charge in [0.1, 0.15) is 5.75 Å². The van der Waals surface area contributed by atoms with Crippen LogP contribution in [0.15, 0.2) is 28.8 Å². The molecule has 0 aliphatic rings. The average Bonchev–Trinajstić information content (AvgIpc) is 2.73. The van der Waals surface area contributed by atoms with E-state index in [4.69, 9.17) is 9.26 Å². The second-order valence-electron chi connectivity index (χ2n) is 3.29. The van der Waals surface area contributed by atoms with Gasteiger partial charge in [0.05, 0.1) is 7.11 Å². The van der Waals surface area contributed by atoms with Gasteiger partial charge in [0.15, 0.2) is 5.82 Å². The highest BCUT2D eigenvalue weighted by Gasteiger charge is 1.96. The Morgan fingerprint density at radius 1 is 1.19 bits per heavy atom. The summed E-state index contributed by atoms with van der Waals surface area (Å²) in [6.07, 6.45) is 3.69. The molecule has 0 spiro atoms. The molecule has 0 aliphatic carbocycles. The van der Waals surface area contributed by atoms with Crippen LogP contribution in [0.3, 0.4) is 0 Å². The Hall–Kier alpha value is -2.10. The van der Waals surface area contributed by atoms with Gasteiger partial charge in [0, 0.05) is 6.08 Å². The summed E-state index contributed by atoms with van der Waals surface area (Å²) in [6.45, 7) is 1.79. The van der Waals surface area contributed by atoms with Gasteiger partial charge in [-0.05, 0) is 30.7 Å². The van der Waals surface area contributed by atoms with Crippen molar-refractivity contribution >= 4 is 12.2 Å². The van der Waals surface area contributed by atoms with E-state index in [1.807, 2.05) is 30.3 Å². The van der Waals surface area contributed by atoms with Crippen molar-refractivity contribution in [2.75, 3.05) is 7.11 Å². The first kappa shape index (κ1) is 10.4. The Labute approximate surface area is 93.6 Å². The Kier molecular flexibility index (Phi) is 3.00. The van der Waals surface area contributed by atoms with E-state index >= 15 is 0 Å². The summed E-state index contributed by atoms with van der Waals surface area (Å²) in [7, 11) is 1.64. The van der Waals surface area contributed by atoms with E-state index in [1.54, 1.807) is 20.1 Å². The minimum absolute atomic E-state index is 0.508. The highest BCUT2D eigenvalue weighted by atomic mass is 16.5. The third-order valence-corrected chi connectivity index (χ3v) is 2.08. The smallest absolute Gasteiger partial charge is 0.250 e. The number of ether oxygens (including phenoxy) is 1. The predicted octanol–water partition coefficient (Wildman–Crippen LogP) is 2.56. The fraction of sp³-hybridized carbons (Fsp3) is 0.167. The van der Waals surface area contributed by atoms with Gasteiger partial charge < -0.3 is 9.26 Å². The normalized spacial score (nSPS) is 10.9. The lowest BCUT2D eigenvalue weighted by atomic mass is 10.2. The molecule has 82 valence electrons. The Bertz CT molecular complexity index is 486. The molecule has 0 fully saturated rings. The second kappa shape index (κ2) is 4.61. The minimum Gasteiger partial charge on any atom is -0.497 e. The van der Waals surface area contributed by atoms with Gasteiger partial charge in [-0.2, -0.15) is 4.98 Å². The maximum Gasteiger partial charge on any atom is 0.250 e. The van der Waals surface area contributed by atoms with Gasteiger partial charge in [-0.1, -0.05) is 17.3 Å². The predicted molar refractivity (Wildman–Crippen MR) is 61.0 cm³/mol. The zero-order chi connectivity index (χ0) is 11.4. The molecule has 2 aromatic rings. The topological polar surface area (TPSA) is 48.2 Å². The third-order valence-electron chi connectivity index (χ3n) is 2.08. The highest BCUT2D eigenvalue weighted by molar-refractivity contribution is 5.66. The van der Waals surface area contributed by atoms with Crippen LogP contribution in [0, 0.1) is 6.92 Å². The van der Waals surface area contributed by atoms with Crippen LogP contribution < -0.4 is 4.74 Å². The fourth-order valence-corrected chi connectivity index (χ4v) is 1.26. The van der Waals surface area contributed by atoms with E-state index in [9.17, 15) is 0 Å². The summed E-state index contributed by atoms with van der Waals surface area (Å²) in [5.74, 6) is 1.98. The number of hydrogen-bond acceptors (Lipinski definition) is 4. The number of aromatic nitrogens is 2. The molecule has 4 heteroatoms. The molecule has 0 unspecified atom stereocenters. The van der Waals surface area contributed by atoms with Crippen LogP contribution >= 0.6 is 0 Å². The van der Waals surface area contributed by atoms with Crippen LogP contribution in [0.25, 0.3) is 12.2 Å². The molecule has 0 N–H and O–H groups in total. The van der Waals surface area contributed by atoms with Gasteiger partial charge in [-0.25, -0.2) is 0 Å². The van der Waals surface area contributed by atoms with Crippen molar-refractivity contribution in [1.82, 2.24) is 10.1 Å². The third kappa shape index (κ3) is 2.48. The van der Waals surface area contributed by atoms with E-state index < -0.39 is 0 Å². The summed E-state index contributed by atoms with van der Waals surface area (Å²) in [4.78, 5) is 4.07. The maximum atomic E-state index is 5.07. The molecule has 4 nitrogen and oxygen atoms in total. The number of benzene rings is 1. The molecule has 0 aliphatic heterocycles. The van der Waals surface area contributed by atoms with E-state index in [0.717, 1.165) is 11.3 Å². The Morgan fingerprint density at radius 2 is 1.94 bits per heavy atom. The van der Waals surface area contributed by atoms with Crippen LogP contribution in [-0.4, -0.2) is 17.3 Å². The monoisotopic (exact) mass is 216 g/mol. The van der Waals surface area contributed by atoms with Crippen molar-refractivity contribution in [3.05, 3.63) is 41.5 Å². The maximum absolute atomic E-state index is 5.07. The first-order chi connectivity index (χ1) is 7.78. The van der Waals surface area contributed by atoms with E-state index in [2.05, 4.69) is 10.1 Å². The molecule has 0 saturated heterocycles. The van der Waals surface area contributed by atoms with Crippen molar-refractivity contribution < 1.29 is 9.26 Å². The lowest BCUT2D eigenvalue weighted by Crippen LogP contribution is -1.81. The van der Waals surface area contributed by atoms with E-state index in [1.165, 1.54) is 0 Å².